The molecule has 118 valence electrons. The second-order valence-corrected chi connectivity index (χ2v) is 7.49. The van der Waals surface area contributed by atoms with Gasteiger partial charge >= 0.3 is 0 Å². The predicted octanol–water partition coefficient (Wildman–Crippen LogP) is 3.54. The van der Waals surface area contributed by atoms with E-state index >= 15 is 0 Å². The normalized spacial score (nSPS) is 25.0. The smallest absolute Gasteiger partial charge is 0.0633 e. The van der Waals surface area contributed by atoms with Crippen molar-refractivity contribution in [2.24, 2.45) is 5.41 Å². The van der Waals surface area contributed by atoms with Crippen molar-refractivity contribution in [2.45, 2.75) is 39.2 Å². The van der Waals surface area contributed by atoms with E-state index in [2.05, 4.69) is 69.3 Å². The molecule has 0 radical (unpaired) electrons. The lowest BCUT2D eigenvalue weighted by Crippen LogP contribution is -2.49. The van der Waals surface area contributed by atoms with Gasteiger partial charge in [-0.2, -0.15) is 0 Å². The molecule has 0 aliphatic carbocycles. The van der Waals surface area contributed by atoms with Gasteiger partial charge in [-0.3, -0.25) is 0 Å². The van der Waals surface area contributed by atoms with Gasteiger partial charge in [0.25, 0.3) is 0 Å². The van der Waals surface area contributed by atoms with Gasteiger partial charge in [0.15, 0.2) is 0 Å². The summed E-state index contributed by atoms with van der Waals surface area (Å²) >= 11 is 0. The summed E-state index contributed by atoms with van der Waals surface area (Å²) in [6.07, 6.45) is 2.21. The Kier molecular flexibility index (Phi) is 4.95. The fraction of sp³-hybridized carbons (Fsp3) is 0.667. The van der Waals surface area contributed by atoms with Gasteiger partial charge in [0.05, 0.1) is 5.60 Å². The van der Waals surface area contributed by atoms with Crippen molar-refractivity contribution in [3.05, 3.63) is 29.8 Å². The minimum atomic E-state index is -0.0246. The van der Waals surface area contributed by atoms with E-state index in [1.807, 2.05) is 0 Å². The van der Waals surface area contributed by atoms with E-state index < -0.39 is 0 Å². The van der Waals surface area contributed by atoms with E-state index in [0.717, 1.165) is 32.5 Å². The molecule has 1 fully saturated rings. The van der Waals surface area contributed by atoms with Crippen molar-refractivity contribution in [3.63, 3.8) is 0 Å². The molecule has 1 atom stereocenters. The molecule has 21 heavy (non-hydrogen) atoms. The van der Waals surface area contributed by atoms with Crippen LogP contribution >= 0.6 is 0 Å². The maximum atomic E-state index is 5.92. The van der Waals surface area contributed by atoms with Crippen LogP contribution in [-0.4, -0.2) is 44.3 Å². The van der Waals surface area contributed by atoms with Crippen molar-refractivity contribution in [1.82, 2.24) is 4.90 Å². The summed E-state index contributed by atoms with van der Waals surface area (Å²) in [5.74, 6) is 0. The molecule has 0 amide bonds. The fourth-order valence-electron chi connectivity index (χ4n) is 3.56. The molecule has 1 aromatic carbocycles. The second-order valence-electron chi connectivity index (χ2n) is 7.49. The maximum absolute atomic E-state index is 5.92. The molecular weight excluding hydrogens is 260 g/mol. The number of rotatable bonds is 5. The molecule has 2 rings (SSSR count). The van der Waals surface area contributed by atoms with Crippen LogP contribution in [0.15, 0.2) is 24.3 Å². The number of aryl methyl sites for hydroxylation is 1. The zero-order valence-corrected chi connectivity index (χ0v) is 14.2. The zero-order valence-electron chi connectivity index (χ0n) is 14.2. The molecule has 0 saturated carbocycles. The van der Waals surface area contributed by atoms with Crippen molar-refractivity contribution in [2.75, 3.05) is 39.1 Å². The average molecular weight is 290 g/mol. The van der Waals surface area contributed by atoms with Crippen LogP contribution in [0.1, 0.15) is 32.3 Å². The van der Waals surface area contributed by atoms with E-state index in [9.17, 15) is 0 Å². The van der Waals surface area contributed by atoms with Crippen LogP contribution < -0.4 is 5.32 Å². The Bertz CT molecular complexity index is 453. The monoisotopic (exact) mass is 290 g/mol. The average Bonchev–Trinajstić information content (AvgIpc) is 2.36. The van der Waals surface area contributed by atoms with Crippen LogP contribution in [0.25, 0.3) is 0 Å². The molecule has 1 aliphatic rings. The first-order chi connectivity index (χ1) is 9.80. The highest BCUT2D eigenvalue weighted by atomic mass is 16.5. The van der Waals surface area contributed by atoms with Gasteiger partial charge in [0.2, 0.25) is 0 Å². The summed E-state index contributed by atoms with van der Waals surface area (Å²) < 4.78 is 5.92. The number of ether oxygens (including phenoxy) is 1. The molecule has 3 heteroatoms. The Morgan fingerprint density at radius 2 is 1.86 bits per heavy atom. The Balaban J connectivity index is 2.07. The van der Waals surface area contributed by atoms with E-state index in [1.165, 1.54) is 11.3 Å². The number of nitrogens with zero attached hydrogens (tertiary/aromatic N) is 1. The number of hydrogen-bond acceptors (Lipinski definition) is 3. The lowest BCUT2D eigenvalue weighted by Gasteiger charge is -2.46. The summed E-state index contributed by atoms with van der Waals surface area (Å²) in [5, 5.41) is 3.64. The van der Waals surface area contributed by atoms with Crippen LogP contribution in [0.5, 0.6) is 0 Å². The van der Waals surface area contributed by atoms with Crippen LogP contribution in [0.4, 0.5) is 5.69 Å². The van der Waals surface area contributed by atoms with Crippen molar-refractivity contribution < 1.29 is 4.74 Å². The lowest BCUT2D eigenvalue weighted by atomic mass is 9.73. The molecular formula is C18H30N2O. The third kappa shape index (κ3) is 4.72. The summed E-state index contributed by atoms with van der Waals surface area (Å²) in [6, 6.07) is 8.66. The predicted molar refractivity (Wildman–Crippen MR) is 89.9 cm³/mol. The van der Waals surface area contributed by atoms with Gasteiger partial charge in [-0.1, -0.05) is 17.7 Å². The number of benzene rings is 1. The van der Waals surface area contributed by atoms with Crippen LogP contribution in [0.2, 0.25) is 0 Å². The first-order valence-corrected chi connectivity index (χ1v) is 7.90. The van der Waals surface area contributed by atoms with E-state index in [0.29, 0.717) is 0 Å². The summed E-state index contributed by atoms with van der Waals surface area (Å²) in [4.78, 5) is 2.30. The van der Waals surface area contributed by atoms with Gasteiger partial charge in [-0.05, 0) is 59.8 Å². The SMILES string of the molecule is Cc1ccc(NCC2(CN(C)C)CCOC(C)(C)C2)cc1. The topological polar surface area (TPSA) is 24.5 Å². The highest BCUT2D eigenvalue weighted by Crippen LogP contribution is 2.39. The third-order valence-electron chi connectivity index (χ3n) is 4.30. The number of nitrogens with one attached hydrogen (secondary N) is 1. The van der Waals surface area contributed by atoms with Crippen molar-refractivity contribution in [3.8, 4) is 0 Å². The highest BCUT2D eigenvalue weighted by Gasteiger charge is 2.41. The molecule has 1 N–H and O–H groups in total. The summed E-state index contributed by atoms with van der Waals surface area (Å²) in [5.41, 5.74) is 2.76. The Hall–Kier alpha value is -1.06. The van der Waals surface area contributed by atoms with Gasteiger partial charge in [-0.15, -0.1) is 0 Å². The van der Waals surface area contributed by atoms with E-state index in [4.69, 9.17) is 4.74 Å². The summed E-state index contributed by atoms with van der Waals surface area (Å²) in [6.45, 7) is 9.50. The van der Waals surface area contributed by atoms with E-state index in [1.54, 1.807) is 0 Å². The van der Waals surface area contributed by atoms with Gasteiger partial charge < -0.3 is 15.0 Å². The molecule has 1 heterocycles. The number of anilines is 1. The molecule has 1 aromatic rings. The lowest BCUT2D eigenvalue weighted by molar-refractivity contribution is -0.105. The second kappa shape index (κ2) is 6.37. The zero-order chi connectivity index (χ0) is 15.5. The van der Waals surface area contributed by atoms with Crippen molar-refractivity contribution in [1.29, 1.82) is 0 Å². The fourth-order valence-corrected chi connectivity index (χ4v) is 3.56. The quantitative estimate of drug-likeness (QED) is 0.897. The molecule has 1 aliphatic heterocycles. The van der Waals surface area contributed by atoms with Crippen LogP contribution in [0.3, 0.4) is 0 Å². The Labute approximate surface area is 129 Å². The first kappa shape index (κ1) is 16.3. The first-order valence-electron chi connectivity index (χ1n) is 7.90. The van der Waals surface area contributed by atoms with Crippen LogP contribution in [-0.2, 0) is 4.74 Å². The van der Waals surface area contributed by atoms with Gasteiger partial charge in [-0.25, -0.2) is 0 Å². The standard InChI is InChI=1S/C18H30N2O/c1-15-6-8-16(9-7-15)19-13-18(14-20(4)5)10-11-21-17(2,3)12-18/h6-9,19H,10-14H2,1-5H3. The Morgan fingerprint density at radius 1 is 1.19 bits per heavy atom. The van der Waals surface area contributed by atoms with Crippen molar-refractivity contribution >= 4 is 5.69 Å². The molecule has 0 bridgehead atoms. The molecule has 0 spiro atoms. The maximum Gasteiger partial charge on any atom is 0.0633 e. The van der Waals surface area contributed by atoms with Gasteiger partial charge in [0.1, 0.15) is 0 Å². The highest BCUT2D eigenvalue weighted by molar-refractivity contribution is 5.44. The minimum absolute atomic E-state index is 0.0246. The molecule has 0 aromatic heterocycles. The van der Waals surface area contributed by atoms with E-state index in [-0.39, 0.29) is 11.0 Å². The molecule has 1 unspecified atom stereocenters. The minimum Gasteiger partial charge on any atom is -0.384 e. The Morgan fingerprint density at radius 3 is 2.43 bits per heavy atom. The molecule has 3 nitrogen and oxygen atoms in total. The van der Waals surface area contributed by atoms with Gasteiger partial charge in [0, 0.05) is 30.8 Å². The third-order valence-corrected chi connectivity index (χ3v) is 4.30. The summed E-state index contributed by atoms with van der Waals surface area (Å²) in [7, 11) is 4.33. The number of hydrogen-bond donors (Lipinski definition) is 1. The molecule has 1 saturated heterocycles. The largest absolute Gasteiger partial charge is 0.384 e. The van der Waals surface area contributed by atoms with Crippen LogP contribution in [0, 0.1) is 12.3 Å².